The molecule has 0 aliphatic heterocycles. The Morgan fingerprint density at radius 3 is 2.39 bits per heavy atom. The number of benzene rings is 1. The van der Waals surface area contributed by atoms with Crippen molar-refractivity contribution in [2.24, 2.45) is 11.7 Å². The van der Waals surface area contributed by atoms with E-state index in [1.54, 1.807) is 13.8 Å². The van der Waals surface area contributed by atoms with Gasteiger partial charge in [0.05, 0.1) is 12.6 Å². The Bertz CT molecular complexity index is 556. The molecule has 0 heterocycles. The Morgan fingerprint density at radius 1 is 1.26 bits per heavy atom. The van der Waals surface area contributed by atoms with Gasteiger partial charge in [-0.05, 0) is 23.6 Å². The molecule has 0 fully saturated rings. The average molecular weight is 350 g/mol. The molecule has 1 aromatic carbocycles. The quantitative estimate of drug-likeness (QED) is 0.816. The van der Waals surface area contributed by atoms with Gasteiger partial charge in [-0.15, -0.1) is 12.4 Å². The van der Waals surface area contributed by atoms with E-state index < -0.39 is 23.6 Å². The summed E-state index contributed by atoms with van der Waals surface area (Å²) >= 11 is 0. The van der Waals surface area contributed by atoms with Crippen LogP contribution >= 0.6 is 12.4 Å². The molecule has 0 bridgehead atoms. The van der Waals surface area contributed by atoms with Gasteiger partial charge in [-0.2, -0.15) is 0 Å². The zero-order valence-corrected chi connectivity index (χ0v) is 14.1. The Morgan fingerprint density at radius 2 is 1.87 bits per heavy atom. The SMILES string of the molecule is CC(C)[C@H](N)C(=O)NCC(=O)N(C)Cc1ccc(F)c(F)c1.Cl. The van der Waals surface area contributed by atoms with Crippen LogP contribution in [-0.2, 0) is 16.1 Å². The lowest BCUT2D eigenvalue weighted by Gasteiger charge is -2.19. The first kappa shape index (κ1) is 21.3. The summed E-state index contributed by atoms with van der Waals surface area (Å²) in [6.45, 7) is 3.53. The molecule has 2 amide bonds. The molecule has 0 aromatic heterocycles. The van der Waals surface area contributed by atoms with Gasteiger partial charge in [-0.3, -0.25) is 9.59 Å². The number of nitrogens with two attached hydrogens (primary N) is 1. The molecule has 5 nitrogen and oxygen atoms in total. The molecule has 0 saturated carbocycles. The zero-order valence-electron chi connectivity index (χ0n) is 13.3. The van der Waals surface area contributed by atoms with Crippen molar-refractivity contribution in [3.05, 3.63) is 35.4 Å². The summed E-state index contributed by atoms with van der Waals surface area (Å²) in [6.07, 6.45) is 0. The third-order valence-electron chi connectivity index (χ3n) is 3.26. The second-order valence-electron chi connectivity index (χ2n) is 5.49. The van der Waals surface area contributed by atoms with Crippen LogP contribution in [0.4, 0.5) is 8.78 Å². The number of halogens is 3. The normalized spacial score (nSPS) is 11.6. The maximum absolute atomic E-state index is 13.1. The van der Waals surface area contributed by atoms with Crippen LogP contribution in [0.5, 0.6) is 0 Å². The number of carbonyl (C=O) groups is 2. The monoisotopic (exact) mass is 349 g/mol. The lowest BCUT2D eigenvalue weighted by atomic mass is 10.1. The molecule has 0 spiro atoms. The maximum atomic E-state index is 13.1. The van der Waals surface area contributed by atoms with Gasteiger partial charge in [-0.25, -0.2) is 8.78 Å². The molecule has 1 rings (SSSR count). The summed E-state index contributed by atoms with van der Waals surface area (Å²) in [6, 6.07) is 2.76. The van der Waals surface area contributed by atoms with Crippen molar-refractivity contribution in [2.45, 2.75) is 26.4 Å². The first-order valence-corrected chi connectivity index (χ1v) is 6.93. The van der Waals surface area contributed by atoms with Gasteiger partial charge in [0.1, 0.15) is 0 Å². The summed E-state index contributed by atoms with van der Waals surface area (Å²) in [5, 5.41) is 2.46. The Labute approximate surface area is 140 Å². The van der Waals surface area contributed by atoms with Crippen molar-refractivity contribution in [3.8, 4) is 0 Å². The highest BCUT2D eigenvalue weighted by Gasteiger charge is 2.18. The number of amides is 2. The summed E-state index contributed by atoms with van der Waals surface area (Å²) in [5.41, 5.74) is 6.12. The van der Waals surface area contributed by atoms with Gasteiger partial charge in [0, 0.05) is 13.6 Å². The second-order valence-corrected chi connectivity index (χ2v) is 5.49. The Hall–Kier alpha value is -1.73. The lowest BCUT2D eigenvalue weighted by molar-refractivity contribution is -0.132. The van der Waals surface area contributed by atoms with Crippen LogP contribution in [0.3, 0.4) is 0 Å². The van der Waals surface area contributed by atoms with Crippen molar-refractivity contribution in [3.63, 3.8) is 0 Å². The number of nitrogens with one attached hydrogen (secondary N) is 1. The molecular weight excluding hydrogens is 328 g/mol. The van der Waals surface area contributed by atoms with Crippen LogP contribution in [-0.4, -0.2) is 36.3 Å². The molecular formula is C15H22ClF2N3O2. The molecule has 0 aliphatic rings. The van der Waals surface area contributed by atoms with E-state index in [0.717, 1.165) is 12.1 Å². The van der Waals surface area contributed by atoms with E-state index in [1.165, 1.54) is 18.0 Å². The summed E-state index contributed by atoms with van der Waals surface area (Å²) in [4.78, 5) is 24.9. The van der Waals surface area contributed by atoms with Crippen LogP contribution in [0.15, 0.2) is 18.2 Å². The van der Waals surface area contributed by atoms with Crippen molar-refractivity contribution >= 4 is 24.2 Å². The third kappa shape index (κ3) is 6.50. The molecule has 1 atom stereocenters. The van der Waals surface area contributed by atoms with Gasteiger partial charge >= 0.3 is 0 Å². The van der Waals surface area contributed by atoms with Crippen molar-refractivity contribution in [1.29, 1.82) is 0 Å². The van der Waals surface area contributed by atoms with E-state index in [2.05, 4.69) is 5.32 Å². The molecule has 0 unspecified atom stereocenters. The molecule has 8 heteroatoms. The van der Waals surface area contributed by atoms with E-state index in [-0.39, 0.29) is 37.3 Å². The smallest absolute Gasteiger partial charge is 0.242 e. The minimum absolute atomic E-state index is 0. The van der Waals surface area contributed by atoms with Crippen LogP contribution in [0, 0.1) is 17.6 Å². The van der Waals surface area contributed by atoms with Crippen LogP contribution in [0.2, 0.25) is 0 Å². The average Bonchev–Trinajstić information content (AvgIpc) is 2.47. The number of rotatable bonds is 6. The third-order valence-corrected chi connectivity index (χ3v) is 3.26. The maximum Gasteiger partial charge on any atom is 0.242 e. The zero-order chi connectivity index (χ0) is 16.9. The molecule has 0 radical (unpaired) electrons. The van der Waals surface area contributed by atoms with E-state index in [9.17, 15) is 18.4 Å². The van der Waals surface area contributed by atoms with Crippen LogP contribution in [0.25, 0.3) is 0 Å². The highest BCUT2D eigenvalue weighted by Crippen LogP contribution is 2.10. The first-order valence-electron chi connectivity index (χ1n) is 6.93. The summed E-state index contributed by atoms with van der Waals surface area (Å²) in [5.74, 6) is -2.68. The number of hydrogen-bond acceptors (Lipinski definition) is 3. The number of hydrogen-bond donors (Lipinski definition) is 2. The number of nitrogens with zero attached hydrogens (tertiary/aromatic N) is 1. The molecule has 3 N–H and O–H groups in total. The fraction of sp³-hybridized carbons (Fsp3) is 0.467. The molecule has 0 saturated heterocycles. The van der Waals surface area contributed by atoms with E-state index in [1.807, 2.05) is 0 Å². The fourth-order valence-electron chi connectivity index (χ4n) is 1.72. The van der Waals surface area contributed by atoms with Gasteiger partial charge in [0.15, 0.2) is 11.6 Å². The largest absolute Gasteiger partial charge is 0.346 e. The molecule has 1 aromatic rings. The number of carbonyl (C=O) groups excluding carboxylic acids is 2. The highest BCUT2D eigenvalue weighted by molar-refractivity contribution is 5.87. The summed E-state index contributed by atoms with van der Waals surface area (Å²) in [7, 11) is 1.51. The number of likely N-dealkylation sites (N-methyl/N-ethyl adjacent to an activating group) is 1. The van der Waals surface area contributed by atoms with Crippen molar-refractivity contribution in [1.82, 2.24) is 10.2 Å². The van der Waals surface area contributed by atoms with Crippen molar-refractivity contribution in [2.75, 3.05) is 13.6 Å². The van der Waals surface area contributed by atoms with Gasteiger partial charge in [0.2, 0.25) is 11.8 Å². The standard InChI is InChI=1S/C15H21F2N3O2.ClH/c1-9(2)14(18)15(22)19-7-13(21)20(3)8-10-4-5-11(16)12(17)6-10;/h4-6,9,14H,7-8,18H2,1-3H3,(H,19,22);1H/t14-;/m0./s1. The summed E-state index contributed by atoms with van der Waals surface area (Å²) < 4.78 is 25.9. The minimum atomic E-state index is -0.963. The van der Waals surface area contributed by atoms with E-state index in [4.69, 9.17) is 5.73 Å². The van der Waals surface area contributed by atoms with Gasteiger partial charge in [-0.1, -0.05) is 19.9 Å². The second kappa shape index (κ2) is 9.42. The van der Waals surface area contributed by atoms with Crippen molar-refractivity contribution < 1.29 is 18.4 Å². The highest BCUT2D eigenvalue weighted by atomic mass is 35.5. The fourth-order valence-corrected chi connectivity index (χ4v) is 1.72. The predicted molar refractivity (Wildman–Crippen MR) is 85.9 cm³/mol. The topological polar surface area (TPSA) is 75.4 Å². The lowest BCUT2D eigenvalue weighted by Crippen LogP contribution is -2.47. The predicted octanol–water partition coefficient (Wildman–Crippen LogP) is 1.44. The van der Waals surface area contributed by atoms with Gasteiger partial charge in [0.25, 0.3) is 0 Å². The van der Waals surface area contributed by atoms with E-state index >= 15 is 0 Å². The van der Waals surface area contributed by atoms with Crippen LogP contribution in [0.1, 0.15) is 19.4 Å². The molecule has 23 heavy (non-hydrogen) atoms. The Balaban J connectivity index is 0.00000484. The molecule has 0 aliphatic carbocycles. The van der Waals surface area contributed by atoms with Gasteiger partial charge < -0.3 is 16.0 Å². The first-order chi connectivity index (χ1) is 10.2. The minimum Gasteiger partial charge on any atom is -0.346 e. The Kier molecular flexibility index (Phi) is 8.71. The van der Waals surface area contributed by atoms with Crippen LogP contribution < -0.4 is 11.1 Å². The van der Waals surface area contributed by atoms with E-state index in [0.29, 0.717) is 5.56 Å². The molecule has 130 valence electrons.